The lowest BCUT2D eigenvalue weighted by Gasteiger charge is -2.72. The number of nitrogens with zero attached hydrogens (tertiary/aromatic N) is 1. The maximum atomic E-state index is 14.1. The average molecular weight is 732 g/mol. The number of aromatic nitrogens is 1. The van der Waals surface area contributed by atoms with Crippen molar-refractivity contribution in [1.82, 2.24) is 4.98 Å². The topological polar surface area (TPSA) is 107 Å². The molecule has 0 bridgehead atoms. The number of fused-ring (bicyclic) bond motifs is 7. The van der Waals surface area contributed by atoms with Crippen molar-refractivity contribution in [3.05, 3.63) is 52.5 Å². The fourth-order valence-corrected chi connectivity index (χ4v) is 13.1. The summed E-state index contributed by atoms with van der Waals surface area (Å²) in [4.78, 5) is 43.9. The number of rotatable bonds is 7. The average Bonchev–Trinajstić information content (AvgIpc) is 3.66. The van der Waals surface area contributed by atoms with E-state index in [1.807, 2.05) is 30.5 Å². The highest BCUT2D eigenvalue weighted by molar-refractivity contribution is 6.30. The van der Waals surface area contributed by atoms with Gasteiger partial charge in [0.2, 0.25) is 5.89 Å². The van der Waals surface area contributed by atoms with Crippen LogP contribution in [0.4, 0.5) is 0 Å². The second-order valence-corrected chi connectivity index (χ2v) is 20.0. The van der Waals surface area contributed by atoms with Gasteiger partial charge in [-0.2, -0.15) is 0 Å². The standard InChI is InChI=1S/C44H58ClNO6/c1-25(2)35-29(47)22-44(37-46-24-30(51-37)26-10-12-27(45)13-11-26)21-20-42(8)28(36(35)44)14-15-32-41(7)18-17-33(52-34(48)23-39(3,4)38(49)50)40(5,6)31(41)16-19-43(32,42)9/h10-13,24-25,28,31-33H,14-23H2,1-9H3,(H,49,50)/t28?,31?,32-,33+,41?,42-,43-,44?/m1/s1. The van der Waals surface area contributed by atoms with E-state index in [9.17, 15) is 19.5 Å². The van der Waals surface area contributed by atoms with E-state index in [2.05, 4.69) is 48.5 Å². The minimum atomic E-state index is -1.16. The van der Waals surface area contributed by atoms with E-state index in [-0.39, 0.29) is 51.8 Å². The highest BCUT2D eigenvalue weighted by atomic mass is 35.5. The summed E-state index contributed by atoms with van der Waals surface area (Å²) in [6.45, 7) is 19.7. The maximum absolute atomic E-state index is 14.1. The molecule has 1 heterocycles. The summed E-state index contributed by atoms with van der Waals surface area (Å²) in [7, 11) is 0. The van der Waals surface area contributed by atoms with Gasteiger partial charge in [-0.3, -0.25) is 14.4 Å². The zero-order chi connectivity index (χ0) is 37.8. The Morgan fingerprint density at radius 1 is 0.962 bits per heavy atom. The van der Waals surface area contributed by atoms with Crippen molar-refractivity contribution in [1.29, 1.82) is 0 Å². The lowest BCUT2D eigenvalue weighted by molar-refractivity contribution is -0.232. The number of carbonyl (C=O) groups is 3. The summed E-state index contributed by atoms with van der Waals surface area (Å²) in [6.07, 6.45) is 9.77. The van der Waals surface area contributed by atoms with Crippen LogP contribution in [-0.4, -0.2) is 33.9 Å². The Bertz CT molecular complexity index is 1820. The molecule has 4 saturated carbocycles. The molecule has 7 nitrogen and oxygen atoms in total. The van der Waals surface area contributed by atoms with E-state index in [0.717, 1.165) is 62.5 Å². The zero-order valence-electron chi connectivity index (χ0n) is 32.7. The monoisotopic (exact) mass is 731 g/mol. The largest absolute Gasteiger partial charge is 0.481 e. The van der Waals surface area contributed by atoms with Crippen LogP contribution in [0.5, 0.6) is 0 Å². The fourth-order valence-electron chi connectivity index (χ4n) is 12.9. The third-order valence-corrected chi connectivity index (χ3v) is 16.1. The molecule has 282 valence electrons. The molecule has 52 heavy (non-hydrogen) atoms. The maximum Gasteiger partial charge on any atom is 0.309 e. The number of ether oxygens (including phenoxy) is 1. The van der Waals surface area contributed by atoms with Crippen LogP contribution in [0.1, 0.15) is 132 Å². The van der Waals surface area contributed by atoms with Gasteiger partial charge in [0.25, 0.3) is 0 Å². The summed E-state index contributed by atoms with van der Waals surface area (Å²) < 4.78 is 12.8. The molecule has 8 heteroatoms. The molecule has 2 aromatic rings. The first kappa shape index (κ1) is 37.4. The van der Waals surface area contributed by atoms with Gasteiger partial charge in [0.15, 0.2) is 11.5 Å². The van der Waals surface area contributed by atoms with Crippen LogP contribution < -0.4 is 0 Å². The van der Waals surface area contributed by atoms with Crippen LogP contribution in [0.25, 0.3) is 11.3 Å². The smallest absolute Gasteiger partial charge is 0.309 e. The first-order valence-electron chi connectivity index (χ1n) is 19.6. The SMILES string of the molecule is CC(C)C1=C2C3CC[C@@H]4C5(C)CC[C@H](OC(=O)CC(C)(C)C(=O)O)C(C)(C)C5CC[C@@]4(C)[C@]3(C)CCC2(c2ncc(-c3ccc(Cl)cc3)o2)CC1=O. The van der Waals surface area contributed by atoms with Crippen molar-refractivity contribution in [2.75, 3.05) is 0 Å². The van der Waals surface area contributed by atoms with E-state index in [0.29, 0.717) is 34.9 Å². The number of ketones is 1. The molecule has 7 rings (SSSR count). The Hall–Kier alpha value is -2.93. The van der Waals surface area contributed by atoms with Gasteiger partial charge in [-0.05, 0) is 141 Å². The second-order valence-electron chi connectivity index (χ2n) is 19.5. The molecule has 0 spiro atoms. The van der Waals surface area contributed by atoms with E-state index in [4.69, 9.17) is 25.7 Å². The number of allylic oxidation sites excluding steroid dienone is 2. The Morgan fingerprint density at radius 3 is 2.31 bits per heavy atom. The van der Waals surface area contributed by atoms with Crippen molar-refractivity contribution < 1.29 is 28.6 Å². The number of esters is 1. The van der Waals surface area contributed by atoms with E-state index >= 15 is 0 Å². The van der Waals surface area contributed by atoms with Gasteiger partial charge in [-0.15, -0.1) is 0 Å². The van der Waals surface area contributed by atoms with Gasteiger partial charge in [0.05, 0.1) is 23.4 Å². The molecular weight excluding hydrogens is 674 g/mol. The van der Waals surface area contributed by atoms with Crippen LogP contribution in [0, 0.1) is 50.7 Å². The Labute approximate surface area is 314 Å². The normalized spacial score (nSPS) is 36.9. The van der Waals surface area contributed by atoms with Crippen LogP contribution >= 0.6 is 11.6 Å². The molecule has 5 aliphatic carbocycles. The Kier molecular flexibility index (Phi) is 8.84. The predicted molar refractivity (Wildman–Crippen MR) is 202 cm³/mol. The number of halogens is 1. The molecule has 5 aliphatic rings. The summed E-state index contributed by atoms with van der Waals surface area (Å²) >= 11 is 6.19. The minimum Gasteiger partial charge on any atom is -0.481 e. The molecule has 4 fully saturated rings. The number of carboxylic acids is 1. The molecule has 8 atom stereocenters. The van der Waals surface area contributed by atoms with Crippen LogP contribution in [0.15, 0.2) is 46.0 Å². The number of aliphatic carboxylic acids is 1. The molecule has 1 aromatic carbocycles. The van der Waals surface area contributed by atoms with Gasteiger partial charge in [-0.1, -0.05) is 60.1 Å². The van der Waals surface area contributed by atoms with Gasteiger partial charge >= 0.3 is 11.9 Å². The second kappa shape index (κ2) is 12.3. The molecule has 1 N–H and O–H groups in total. The van der Waals surface area contributed by atoms with Crippen molar-refractivity contribution in [2.45, 2.75) is 138 Å². The van der Waals surface area contributed by atoms with Crippen molar-refractivity contribution in [2.24, 2.45) is 50.7 Å². The van der Waals surface area contributed by atoms with E-state index < -0.39 is 22.8 Å². The van der Waals surface area contributed by atoms with Gasteiger partial charge in [-0.25, -0.2) is 4.98 Å². The Balaban J connectivity index is 1.20. The van der Waals surface area contributed by atoms with Gasteiger partial charge in [0.1, 0.15) is 6.10 Å². The van der Waals surface area contributed by atoms with Gasteiger partial charge < -0.3 is 14.3 Å². The summed E-state index contributed by atoms with van der Waals surface area (Å²) in [6, 6.07) is 7.64. The number of Topliss-reactive ketones (excluding diaryl/α,β-unsaturated/α-hetero) is 1. The number of hydrogen-bond donors (Lipinski definition) is 1. The fraction of sp³-hybridized carbons (Fsp3) is 0.682. The molecule has 0 radical (unpaired) electrons. The summed E-state index contributed by atoms with van der Waals surface area (Å²) in [5.74, 6) is 1.49. The first-order valence-corrected chi connectivity index (χ1v) is 20.0. The zero-order valence-corrected chi connectivity index (χ0v) is 33.4. The molecular formula is C44H58ClNO6. The number of hydrogen-bond acceptors (Lipinski definition) is 6. The van der Waals surface area contributed by atoms with Crippen LogP contribution in [0.3, 0.4) is 0 Å². The summed E-state index contributed by atoms with van der Waals surface area (Å²) in [5, 5.41) is 10.3. The van der Waals surface area contributed by atoms with Crippen molar-refractivity contribution in [3.8, 4) is 11.3 Å². The Morgan fingerprint density at radius 2 is 1.65 bits per heavy atom. The van der Waals surface area contributed by atoms with Crippen LogP contribution in [-0.2, 0) is 24.5 Å². The number of carboxylic acid groups (broad SMARTS) is 1. The quantitative estimate of drug-likeness (QED) is 0.282. The molecule has 0 aliphatic heterocycles. The van der Waals surface area contributed by atoms with Crippen LogP contribution in [0.2, 0.25) is 5.02 Å². The third-order valence-electron chi connectivity index (χ3n) is 15.9. The van der Waals surface area contributed by atoms with Crippen molar-refractivity contribution >= 4 is 29.3 Å². The van der Waals surface area contributed by atoms with Crippen molar-refractivity contribution in [3.63, 3.8) is 0 Å². The number of carbonyl (C=O) groups excluding carboxylic acids is 2. The number of benzene rings is 1. The third kappa shape index (κ3) is 5.32. The molecule has 0 saturated heterocycles. The lowest BCUT2D eigenvalue weighted by atomic mass is 9.33. The summed E-state index contributed by atoms with van der Waals surface area (Å²) in [5.41, 5.74) is 1.45. The highest BCUT2D eigenvalue weighted by Crippen LogP contribution is 2.76. The van der Waals surface area contributed by atoms with Gasteiger partial charge in [0, 0.05) is 22.4 Å². The predicted octanol–water partition coefficient (Wildman–Crippen LogP) is 10.6. The molecule has 4 unspecified atom stereocenters. The van der Waals surface area contributed by atoms with E-state index in [1.54, 1.807) is 13.8 Å². The van der Waals surface area contributed by atoms with E-state index in [1.165, 1.54) is 5.57 Å². The lowest BCUT2D eigenvalue weighted by Crippen LogP contribution is -2.66. The molecule has 0 amide bonds. The molecule has 1 aromatic heterocycles. The first-order chi connectivity index (χ1) is 24.2. The highest BCUT2D eigenvalue weighted by Gasteiger charge is 2.71. The number of oxazole rings is 1. The minimum absolute atomic E-state index is 0.00500.